The van der Waals surface area contributed by atoms with Crippen LogP contribution in [0.2, 0.25) is 0 Å². The minimum Gasteiger partial charge on any atom is -0.299 e. The van der Waals surface area contributed by atoms with Crippen molar-refractivity contribution in [1.82, 2.24) is 0 Å². The smallest absolute Gasteiger partial charge is 0.143 e. The van der Waals surface area contributed by atoms with Gasteiger partial charge in [-0.05, 0) is 36.1 Å². The summed E-state index contributed by atoms with van der Waals surface area (Å²) in [6.07, 6.45) is 6.56. The van der Waals surface area contributed by atoms with Crippen molar-refractivity contribution in [2.45, 2.75) is 4.90 Å². The molecule has 0 aliphatic heterocycles. The number of allylic oxidation sites excluding steroid dienone is 1. The van der Waals surface area contributed by atoms with Gasteiger partial charge in [-0.15, -0.1) is 11.8 Å². The molecule has 0 saturated heterocycles. The minimum atomic E-state index is 0.843. The second-order valence-electron chi connectivity index (χ2n) is 4.21. The van der Waals surface area contributed by atoms with E-state index in [-0.39, 0.29) is 0 Å². The van der Waals surface area contributed by atoms with Crippen LogP contribution < -0.4 is 0 Å². The SMILES string of the molecule is CSC(=CC=O)C(=Cc1ccccc1)Sc1ccccc1. The Morgan fingerprint density at radius 3 is 2.10 bits per heavy atom. The molecule has 106 valence electrons. The number of carbonyl (C=O) groups excluding carboxylic acids is 1. The maximum atomic E-state index is 10.9. The van der Waals surface area contributed by atoms with Crippen LogP contribution in [0, 0.1) is 0 Å². The molecule has 0 radical (unpaired) electrons. The molecule has 0 fully saturated rings. The normalized spacial score (nSPS) is 12.2. The largest absolute Gasteiger partial charge is 0.299 e. The third-order valence-electron chi connectivity index (χ3n) is 2.75. The molecular formula is C18H16OS2. The maximum absolute atomic E-state index is 10.9. The van der Waals surface area contributed by atoms with E-state index >= 15 is 0 Å². The van der Waals surface area contributed by atoms with Crippen LogP contribution >= 0.6 is 23.5 Å². The third-order valence-corrected chi connectivity index (χ3v) is 4.74. The molecule has 0 heterocycles. The molecule has 0 unspecified atom stereocenters. The zero-order valence-electron chi connectivity index (χ0n) is 11.7. The number of carbonyl (C=O) groups is 1. The summed E-state index contributed by atoms with van der Waals surface area (Å²) in [5.41, 5.74) is 1.13. The number of hydrogen-bond acceptors (Lipinski definition) is 3. The van der Waals surface area contributed by atoms with Gasteiger partial charge < -0.3 is 0 Å². The Hall–Kier alpha value is -1.71. The van der Waals surface area contributed by atoms with Crippen LogP contribution in [0.5, 0.6) is 0 Å². The average Bonchev–Trinajstić information content (AvgIpc) is 2.54. The van der Waals surface area contributed by atoms with Crippen molar-refractivity contribution in [3.63, 3.8) is 0 Å². The van der Waals surface area contributed by atoms with Gasteiger partial charge in [-0.2, -0.15) is 0 Å². The fourth-order valence-electron chi connectivity index (χ4n) is 1.78. The molecule has 0 bridgehead atoms. The van der Waals surface area contributed by atoms with Crippen molar-refractivity contribution >= 4 is 35.9 Å². The van der Waals surface area contributed by atoms with E-state index in [9.17, 15) is 4.79 Å². The zero-order valence-corrected chi connectivity index (χ0v) is 13.4. The lowest BCUT2D eigenvalue weighted by atomic mass is 10.2. The predicted molar refractivity (Wildman–Crippen MR) is 94.4 cm³/mol. The van der Waals surface area contributed by atoms with E-state index in [4.69, 9.17) is 0 Å². The Labute approximate surface area is 134 Å². The number of aldehydes is 1. The van der Waals surface area contributed by atoms with E-state index in [2.05, 4.69) is 30.3 Å². The fraction of sp³-hybridized carbons (Fsp3) is 0.0556. The summed E-state index contributed by atoms with van der Waals surface area (Å²) in [6, 6.07) is 20.3. The lowest BCUT2D eigenvalue weighted by Gasteiger charge is -2.09. The van der Waals surface area contributed by atoms with E-state index in [1.807, 2.05) is 42.7 Å². The zero-order chi connectivity index (χ0) is 14.9. The van der Waals surface area contributed by atoms with Crippen molar-refractivity contribution in [3.8, 4) is 0 Å². The number of benzene rings is 2. The predicted octanol–water partition coefficient (Wildman–Crippen LogP) is 5.27. The molecule has 0 aliphatic carbocycles. The Kier molecular flexibility index (Phi) is 6.38. The second-order valence-corrected chi connectivity index (χ2v) is 6.17. The summed E-state index contributed by atoms with van der Waals surface area (Å²) >= 11 is 3.25. The van der Waals surface area contributed by atoms with E-state index < -0.39 is 0 Å². The van der Waals surface area contributed by atoms with Crippen molar-refractivity contribution in [3.05, 3.63) is 82.1 Å². The van der Waals surface area contributed by atoms with Crippen molar-refractivity contribution < 1.29 is 4.79 Å². The third kappa shape index (κ3) is 4.96. The molecule has 0 amide bonds. The van der Waals surface area contributed by atoms with Gasteiger partial charge in [0.2, 0.25) is 0 Å². The van der Waals surface area contributed by atoms with Crippen LogP contribution in [0.3, 0.4) is 0 Å². The standard InChI is InChI=1S/C18H16OS2/c1-20-17(12-13-19)18(14-15-8-4-2-5-9-15)21-16-10-6-3-7-11-16/h2-14H,1H3. The van der Waals surface area contributed by atoms with Gasteiger partial charge >= 0.3 is 0 Å². The van der Waals surface area contributed by atoms with Crippen LogP contribution in [-0.4, -0.2) is 12.5 Å². The second kappa shape index (κ2) is 8.55. The van der Waals surface area contributed by atoms with Crippen LogP contribution in [0.1, 0.15) is 5.56 Å². The Bertz CT molecular complexity index is 631. The van der Waals surface area contributed by atoms with E-state index in [1.165, 1.54) is 0 Å². The molecule has 0 atom stereocenters. The van der Waals surface area contributed by atoms with Gasteiger partial charge in [0.05, 0.1) is 0 Å². The maximum Gasteiger partial charge on any atom is 0.143 e. The number of rotatable bonds is 6. The van der Waals surface area contributed by atoms with E-state index in [0.717, 1.165) is 26.6 Å². The van der Waals surface area contributed by atoms with Gasteiger partial charge in [0.25, 0.3) is 0 Å². The van der Waals surface area contributed by atoms with E-state index in [0.29, 0.717) is 0 Å². The highest BCUT2D eigenvalue weighted by Gasteiger charge is 2.07. The van der Waals surface area contributed by atoms with Crippen molar-refractivity contribution in [1.29, 1.82) is 0 Å². The molecule has 2 aromatic rings. The van der Waals surface area contributed by atoms with Gasteiger partial charge in [0, 0.05) is 14.7 Å². The first kappa shape index (κ1) is 15.7. The highest BCUT2D eigenvalue weighted by molar-refractivity contribution is 8.08. The topological polar surface area (TPSA) is 17.1 Å². The van der Waals surface area contributed by atoms with Gasteiger partial charge in [-0.25, -0.2) is 0 Å². The molecule has 0 aromatic heterocycles. The first-order valence-corrected chi connectivity index (χ1v) is 8.57. The molecule has 3 heteroatoms. The molecule has 2 rings (SSSR count). The van der Waals surface area contributed by atoms with Crippen molar-refractivity contribution in [2.75, 3.05) is 6.26 Å². The van der Waals surface area contributed by atoms with Gasteiger partial charge in [-0.3, -0.25) is 4.79 Å². The van der Waals surface area contributed by atoms with Crippen LogP contribution in [0.15, 0.2) is 81.4 Å². The average molecular weight is 312 g/mol. The fourth-order valence-corrected chi connectivity index (χ4v) is 3.52. The monoisotopic (exact) mass is 312 g/mol. The van der Waals surface area contributed by atoms with Crippen LogP contribution in [-0.2, 0) is 4.79 Å². The van der Waals surface area contributed by atoms with Crippen molar-refractivity contribution in [2.24, 2.45) is 0 Å². The number of hydrogen-bond donors (Lipinski definition) is 0. The van der Waals surface area contributed by atoms with Gasteiger partial charge in [-0.1, -0.05) is 60.3 Å². The molecular weight excluding hydrogens is 296 g/mol. The first-order valence-electron chi connectivity index (χ1n) is 6.53. The summed E-state index contributed by atoms with van der Waals surface area (Å²) in [6.45, 7) is 0. The molecule has 0 aliphatic rings. The van der Waals surface area contributed by atoms with Crippen LogP contribution in [0.25, 0.3) is 6.08 Å². The molecule has 2 aromatic carbocycles. The summed E-state index contributed by atoms with van der Waals surface area (Å²) in [7, 11) is 0. The highest BCUT2D eigenvalue weighted by atomic mass is 32.2. The quantitative estimate of drug-likeness (QED) is 0.313. The molecule has 0 spiro atoms. The van der Waals surface area contributed by atoms with E-state index in [1.54, 1.807) is 29.6 Å². The minimum absolute atomic E-state index is 0.843. The lowest BCUT2D eigenvalue weighted by molar-refractivity contribution is -0.104. The summed E-state index contributed by atoms with van der Waals surface area (Å²) < 4.78 is 0. The molecule has 0 saturated carbocycles. The van der Waals surface area contributed by atoms with Crippen LogP contribution in [0.4, 0.5) is 0 Å². The summed E-state index contributed by atoms with van der Waals surface area (Å²) in [4.78, 5) is 14.1. The Morgan fingerprint density at radius 2 is 1.52 bits per heavy atom. The van der Waals surface area contributed by atoms with Gasteiger partial charge in [0.15, 0.2) is 0 Å². The lowest BCUT2D eigenvalue weighted by Crippen LogP contribution is -1.84. The number of thioether (sulfide) groups is 2. The Balaban J connectivity index is 2.37. The highest BCUT2D eigenvalue weighted by Crippen LogP contribution is 2.37. The first-order chi connectivity index (χ1) is 10.3. The molecule has 1 nitrogen and oxygen atoms in total. The molecule has 21 heavy (non-hydrogen) atoms. The summed E-state index contributed by atoms with van der Waals surface area (Å²) in [5, 5.41) is 0. The van der Waals surface area contributed by atoms with Gasteiger partial charge in [0.1, 0.15) is 6.29 Å². The Morgan fingerprint density at radius 1 is 0.905 bits per heavy atom. The summed E-state index contributed by atoms with van der Waals surface area (Å²) in [5.74, 6) is 0. The molecule has 0 N–H and O–H groups in total.